The standard InChI is InChI=1S/C15H17N7/c1-2-9-21(10-3-1)13-6-4-5-12(11-13)16-14-7-8-15-17-19-20-22(15)18-14/h4-8,11H,1-3,9-10H2,(H,16,18). The molecule has 22 heavy (non-hydrogen) atoms. The van der Waals surface area contributed by atoms with Crippen molar-refractivity contribution in [1.82, 2.24) is 25.3 Å². The van der Waals surface area contributed by atoms with Gasteiger partial charge < -0.3 is 10.2 Å². The SMILES string of the molecule is c1cc(Nc2ccc3nnnn3n2)cc(N2CCCCC2)c1. The molecule has 0 spiro atoms. The minimum atomic E-state index is 0.632. The topological polar surface area (TPSA) is 71.2 Å². The van der Waals surface area contributed by atoms with E-state index in [2.05, 4.69) is 49.0 Å². The number of anilines is 3. The molecule has 0 aliphatic carbocycles. The Hall–Kier alpha value is -2.70. The fraction of sp³-hybridized carbons (Fsp3) is 0.333. The summed E-state index contributed by atoms with van der Waals surface area (Å²) in [5.74, 6) is 0.718. The van der Waals surface area contributed by atoms with Crippen LogP contribution in [-0.4, -0.2) is 38.3 Å². The van der Waals surface area contributed by atoms with Gasteiger partial charge in [0.2, 0.25) is 0 Å². The third-order valence-electron chi connectivity index (χ3n) is 3.91. The Morgan fingerprint density at radius 1 is 1.00 bits per heavy atom. The van der Waals surface area contributed by atoms with E-state index >= 15 is 0 Å². The van der Waals surface area contributed by atoms with Crippen LogP contribution in [0.15, 0.2) is 36.4 Å². The second-order valence-electron chi connectivity index (χ2n) is 5.47. The summed E-state index contributed by atoms with van der Waals surface area (Å²) >= 11 is 0. The lowest BCUT2D eigenvalue weighted by Crippen LogP contribution is -2.29. The highest BCUT2D eigenvalue weighted by Crippen LogP contribution is 2.24. The third-order valence-corrected chi connectivity index (χ3v) is 3.91. The van der Waals surface area contributed by atoms with Gasteiger partial charge in [-0.25, -0.2) is 0 Å². The van der Waals surface area contributed by atoms with E-state index in [-0.39, 0.29) is 0 Å². The van der Waals surface area contributed by atoms with Crippen LogP contribution < -0.4 is 10.2 Å². The number of hydrogen-bond donors (Lipinski definition) is 1. The van der Waals surface area contributed by atoms with Gasteiger partial charge in [-0.3, -0.25) is 0 Å². The summed E-state index contributed by atoms with van der Waals surface area (Å²) in [5, 5.41) is 18.9. The zero-order valence-electron chi connectivity index (χ0n) is 12.2. The van der Waals surface area contributed by atoms with Crippen LogP contribution in [0.25, 0.3) is 5.65 Å². The van der Waals surface area contributed by atoms with Crippen molar-refractivity contribution in [3.8, 4) is 0 Å². The van der Waals surface area contributed by atoms with Gasteiger partial charge in [0.15, 0.2) is 11.5 Å². The second kappa shape index (κ2) is 5.59. The molecule has 1 saturated heterocycles. The molecule has 1 N–H and O–H groups in total. The van der Waals surface area contributed by atoms with E-state index in [9.17, 15) is 0 Å². The monoisotopic (exact) mass is 295 g/mol. The molecule has 1 aromatic carbocycles. The molecular weight excluding hydrogens is 278 g/mol. The van der Waals surface area contributed by atoms with Crippen LogP contribution in [0.4, 0.5) is 17.2 Å². The number of hydrogen-bond acceptors (Lipinski definition) is 6. The quantitative estimate of drug-likeness (QED) is 0.799. The number of aromatic nitrogens is 5. The summed E-state index contributed by atoms with van der Waals surface area (Å²) in [6.45, 7) is 2.27. The Morgan fingerprint density at radius 2 is 1.91 bits per heavy atom. The van der Waals surface area contributed by atoms with Gasteiger partial charge >= 0.3 is 0 Å². The molecular formula is C15H17N7. The molecule has 0 radical (unpaired) electrons. The van der Waals surface area contributed by atoms with Crippen molar-refractivity contribution in [3.63, 3.8) is 0 Å². The van der Waals surface area contributed by atoms with Crippen LogP contribution in [0.1, 0.15) is 19.3 Å². The van der Waals surface area contributed by atoms with E-state index in [1.807, 2.05) is 18.2 Å². The van der Waals surface area contributed by atoms with Crippen molar-refractivity contribution in [2.24, 2.45) is 0 Å². The fourth-order valence-corrected chi connectivity index (χ4v) is 2.80. The lowest BCUT2D eigenvalue weighted by Gasteiger charge is -2.29. The third kappa shape index (κ3) is 2.57. The number of benzene rings is 1. The molecule has 3 aromatic rings. The minimum absolute atomic E-state index is 0.632. The number of nitrogens with zero attached hydrogens (tertiary/aromatic N) is 6. The van der Waals surface area contributed by atoms with Crippen LogP contribution >= 0.6 is 0 Å². The van der Waals surface area contributed by atoms with Crippen molar-refractivity contribution in [3.05, 3.63) is 36.4 Å². The van der Waals surface area contributed by atoms with E-state index < -0.39 is 0 Å². The molecule has 0 unspecified atom stereocenters. The average molecular weight is 295 g/mol. The lowest BCUT2D eigenvalue weighted by atomic mass is 10.1. The molecule has 1 fully saturated rings. The fourth-order valence-electron chi connectivity index (χ4n) is 2.80. The summed E-state index contributed by atoms with van der Waals surface area (Å²) in [7, 11) is 0. The molecule has 7 nitrogen and oxygen atoms in total. The van der Waals surface area contributed by atoms with Crippen LogP contribution in [0.2, 0.25) is 0 Å². The van der Waals surface area contributed by atoms with Crippen molar-refractivity contribution >= 4 is 22.8 Å². The molecule has 0 saturated carbocycles. The molecule has 2 aromatic heterocycles. The summed E-state index contributed by atoms with van der Waals surface area (Å²) < 4.78 is 1.41. The maximum Gasteiger partial charge on any atom is 0.200 e. The first-order valence-electron chi connectivity index (χ1n) is 7.56. The highest BCUT2D eigenvalue weighted by Gasteiger charge is 2.11. The molecule has 1 aliphatic heterocycles. The molecule has 4 rings (SSSR count). The van der Waals surface area contributed by atoms with Crippen LogP contribution in [-0.2, 0) is 0 Å². The van der Waals surface area contributed by atoms with Gasteiger partial charge in [-0.05, 0) is 60.0 Å². The van der Waals surface area contributed by atoms with Gasteiger partial charge in [0.25, 0.3) is 0 Å². The predicted molar refractivity (Wildman–Crippen MR) is 84.4 cm³/mol. The number of rotatable bonds is 3. The minimum Gasteiger partial charge on any atom is -0.371 e. The summed E-state index contributed by atoms with van der Waals surface area (Å²) in [4.78, 5) is 2.44. The molecule has 112 valence electrons. The van der Waals surface area contributed by atoms with Crippen molar-refractivity contribution < 1.29 is 0 Å². The summed E-state index contributed by atoms with van der Waals surface area (Å²) in [6, 6.07) is 12.1. The van der Waals surface area contributed by atoms with Gasteiger partial charge in [-0.15, -0.1) is 14.8 Å². The lowest BCUT2D eigenvalue weighted by molar-refractivity contribution is 0.578. The maximum atomic E-state index is 4.33. The van der Waals surface area contributed by atoms with Gasteiger partial charge in [-0.2, -0.15) is 0 Å². The zero-order valence-corrected chi connectivity index (χ0v) is 12.2. The van der Waals surface area contributed by atoms with Crippen LogP contribution in [0.3, 0.4) is 0 Å². The highest BCUT2D eigenvalue weighted by molar-refractivity contribution is 5.63. The predicted octanol–water partition coefficient (Wildman–Crippen LogP) is 2.25. The van der Waals surface area contributed by atoms with Crippen molar-refractivity contribution in [2.75, 3.05) is 23.3 Å². The molecule has 1 aliphatic rings. The number of fused-ring (bicyclic) bond motifs is 1. The van der Waals surface area contributed by atoms with Crippen LogP contribution in [0, 0.1) is 0 Å². The van der Waals surface area contributed by atoms with E-state index in [4.69, 9.17) is 0 Å². The Labute approximate surface area is 127 Å². The Balaban J connectivity index is 1.56. The Morgan fingerprint density at radius 3 is 2.82 bits per heavy atom. The maximum absolute atomic E-state index is 4.33. The molecule has 0 amide bonds. The number of nitrogens with one attached hydrogen (secondary N) is 1. The Bertz CT molecular complexity index is 776. The molecule has 3 heterocycles. The molecule has 7 heteroatoms. The normalized spacial score (nSPS) is 15.2. The van der Waals surface area contributed by atoms with E-state index in [0.717, 1.165) is 24.6 Å². The Kier molecular flexibility index (Phi) is 3.30. The average Bonchev–Trinajstić information content (AvgIpc) is 3.04. The van der Waals surface area contributed by atoms with E-state index in [0.29, 0.717) is 5.65 Å². The summed E-state index contributed by atoms with van der Waals surface area (Å²) in [5.41, 5.74) is 2.91. The number of piperidine rings is 1. The van der Waals surface area contributed by atoms with Crippen molar-refractivity contribution in [2.45, 2.75) is 19.3 Å². The van der Waals surface area contributed by atoms with Gasteiger partial charge in [-0.1, -0.05) is 6.07 Å². The first-order chi connectivity index (χ1) is 10.9. The molecule has 0 atom stereocenters. The zero-order chi connectivity index (χ0) is 14.8. The largest absolute Gasteiger partial charge is 0.371 e. The van der Waals surface area contributed by atoms with Gasteiger partial charge in [0.1, 0.15) is 0 Å². The first kappa shape index (κ1) is 13.0. The van der Waals surface area contributed by atoms with E-state index in [1.54, 1.807) is 0 Å². The first-order valence-corrected chi connectivity index (χ1v) is 7.56. The van der Waals surface area contributed by atoms with Crippen molar-refractivity contribution in [1.29, 1.82) is 0 Å². The second-order valence-corrected chi connectivity index (χ2v) is 5.47. The summed E-state index contributed by atoms with van der Waals surface area (Å²) in [6.07, 6.45) is 3.88. The number of tetrazole rings is 1. The van der Waals surface area contributed by atoms with Gasteiger partial charge in [0.05, 0.1) is 0 Å². The van der Waals surface area contributed by atoms with Crippen LogP contribution in [0.5, 0.6) is 0 Å². The molecule has 0 bridgehead atoms. The highest BCUT2D eigenvalue weighted by atomic mass is 15.6. The smallest absolute Gasteiger partial charge is 0.200 e. The van der Waals surface area contributed by atoms with Gasteiger partial charge in [0, 0.05) is 24.5 Å². The van der Waals surface area contributed by atoms with E-state index in [1.165, 1.54) is 29.6 Å².